The van der Waals surface area contributed by atoms with Gasteiger partial charge in [-0.1, -0.05) is 23.7 Å². The zero-order chi connectivity index (χ0) is 13.7. The summed E-state index contributed by atoms with van der Waals surface area (Å²) in [4.78, 5) is 0. The van der Waals surface area contributed by atoms with Gasteiger partial charge in [-0.05, 0) is 42.9 Å². The van der Waals surface area contributed by atoms with Crippen molar-refractivity contribution in [3.05, 3.63) is 64.4 Å². The van der Waals surface area contributed by atoms with Crippen molar-refractivity contribution in [3.63, 3.8) is 0 Å². The summed E-state index contributed by atoms with van der Waals surface area (Å²) in [5.74, 6) is 0.431. The first-order chi connectivity index (χ1) is 9.19. The van der Waals surface area contributed by atoms with Gasteiger partial charge in [0, 0.05) is 17.1 Å². The third kappa shape index (κ3) is 3.94. The summed E-state index contributed by atoms with van der Waals surface area (Å²) >= 11 is 5.99. The molecule has 2 aromatic carbocycles. The first kappa shape index (κ1) is 13.8. The summed E-state index contributed by atoms with van der Waals surface area (Å²) in [6, 6.07) is 12.0. The number of halogens is 2. The van der Waals surface area contributed by atoms with Crippen molar-refractivity contribution in [2.24, 2.45) is 0 Å². The molecule has 100 valence electrons. The molecule has 0 aliphatic heterocycles. The summed E-state index contributed by atoms with van der Waals surface area (Å²) in [5, 5.41) is 3.58. The fourth-order valence-corrected chi connectivity index (χ4v) is 1.94. The Bertz CT molecular complexity index is 560. The molecule has 0 unspecified atom stereocenters. The second-order valence-electron chi connectivity index (χ2n) is 4.20. The van der Waals surface area contributed by atoms with Gasteiger partial charge in [-0.15, -0.1) is 0 Å². The number of hydrogen-bond acceptors (Lipinski definition) is 2. The third-order valence-corrected chi connectivity index (χ3v) is 3.05. The Kier molecular flexibility index (Phi) is 4.77. The van der Waals surface area contributed by atoms with Gasteiger partial charge in [0.1, 0.15) is 18.2 Å². The standard InChI is InChI=1S/C15H15ClFNO/c1-18-9-11-3-2-4-14(7-11)19-10-12-8-13(17)5-6-15(12)16/h2-8,18H,9-10H2,1H3. The topological polar surface area (TPSA) is 21.3 Å². The van der Waals surface area contributed by atoms with Gasteiger partial charge < -0.3 is 10.1 Å². The largest absolute Gasteiger partial charge is 0.489 e. The molecule has 0 saturated carbocycles. The molecule has 19 heavy (non-hydrogen) atoms. The van der Waals surface area contributed by atoms with Crippen molar-refractivity contribution >= 4 is 11.6 Å². The van der Waals surface area contributed by atoms with Crippen LogP contribution in [-0.2, 0) is 13.2 Å². The van der Waals surface area contributed by atoms with Crippen LogP contribution in [0.25, 0.3) is 0 Å². The van der Waals surface area contributed by atoms with Crippen LogP contribution in [0.15, 0.2) is 42.5 Å². The van der Waals surface area contributed by atoms with E-state index < -0.39 is 0 Å². The van der Waals surface area contributed by atoms with Gasteiger partial charge in [-0.3, -0.25) is 0 Å². The summed E-state index contributed by atoms with van der Waals surface area (Å²) in [5.41, 5.74) is 1.77. The van der Waals surface area contributed by atoms with Crippen LogP contribution in [-0.4, -0.2) is 7.05 Å². The van der Waals surface area contributed by atoms with E-state index in [1.54, 1.807) is 0 Å². The second-order valence-corrected chi connectivity index (χ2v) is 4.61. The number of benzene rings is 2. The van der Waals surface area contributed by atoms with E-state index in [1.165, 1.54) is 18.2 Å². The monoisotopic (exact) mass is 279 g/mol. The van der Waals surface area contributed by atoms with Gasteiger partial charge in [0.05, 0.1) is 0 Å². The van der Waals surface area contributed by atoms with E-state index in [0.717, 1.165) is 17.9 Å². The molecule has 0 aliphatic carbocycles. The lowest BCUT2D eigenvalue weighted by atomic mass is 10.2. The van der Waals surface area contributed by atoms with Crippen LogP contribution in [0.3, 0.4) is 0 Å². The summed E-state index contributed by atoms with van der Waals surface area (Å²) < 4.78 is 18.8. The zero-order valence-corrected chi connectivity index (χ0v) is 11.4. The highest BCUT2D eigenvalue weighted by atomic mass is 35.5. The molecule has 4 heteroatoms. The number of hydrogen-bond donors (Lipinski definition) is 1. The fraction of sp³-hybridized carbons (Fsp3) is 0.200. The van der Waals surface area contributed by atoms with Gasteiger partial charge in [0.25, 0.3) is 0 Å². The van der Waals surface area contributed by atoms with Crippen LogP contribution in [0.1, 0.15) is 11.1 Å². The quantitative estimate of drug-likeness (QED) is 0.899. The molecule has 0 aromatic heterocycles. The minimum atomic E-state index is -0.313. The molecule has 0 bridgehead atoms. The van der Waals surface area contributed by atoms with Crippen molar-refractivity contribution in [3.8, 4) is 5.75 Å². The molecular weight excluding hydrogens is 265 g/mol. The molecule has 2 aromatic rings. The van der Waals surface area contributed by atoms with Crippen LogP contribution in [0, 0.1) is 5.82 Å². The smallest absolute Gasteiger partial charge is 0.123 e. The maximum absolute atomic E-state index is 13.1. The minimum absolute atomic E-state index is 0.250. The van der Waals surface area contributed by atoms with Gasteiger partial charge in [-0.25, -0.2) is 4.39 Å². The maximum Gasteiger partial charge on any atom is 0.123 e. The van der Waals surface area contributed by atoms with Crippen LogP contribution in [0.2, 0.25) is 5.02 Å². The molecule has 0 amide bonds. The average molecular weight is 280 g/mol. The van der Waals surface area contributed by atoms with Gasteiger partial charge >= 0.3 is 0 Å². The zero-order valence-electron chi connectivity index (χ0n) is 10.6. The summed E-state index contributed by atoms with van der Waals surface area (Å²) in [6.07, 6.45) is 0. The van der Waals surface area contributed by atoms with E-state index in [1.807, 2.05) is 31.3 Å². The molecule has 1 N–H and O–H groups in total. The Labute approximate surface area is 117 Å². The number of rotatable bonds is 5. The predicted molar refractivity (Wildman–Crippen MR) is 74.9 cm³/mol. The second kappa shape index (κ2) is 6.55. The maximum atomic E-state index is 13.1. The molecular formula is C15H15ClFNO. The summed E-state index contributed by atoms with van der Waals surface area (Å²) in [6.45, 7) is 1.03. The van der Waals surface area contributed by atoms with Crippen LogP contribution >= 0.6 is 11.6 Å². The molecule has 2 nitrogen and oxygen atoms in total. The first-order valence-electron chi connectivity index (χ1n) is 5.99. The fourth-order valence-electron chi connectivity index (χ4n) is 1.76. The average Bonchev–Trinajstić information content (AvgIpc) is 2.41. The van der Waals surface area contributed by atoms with Crippen molar-refractivity contribution < 1.29 is 9.13 Å². The Morgan fingerprint density at radius 2 is 2.05 bits per heavy atom. The lowest BCUT2D eigenvalue weighted by molar-refractivity contribution is 0.305. The van der Waals surface area contributed by atoms with Gasteiger partial charge in [0.2, 0.25) is 0 Å². The van der Waals surface area contributed by atoms with E-state index in [0.29, 0.717) is 10.6 Å². The lowest BCUT2D eigenvalue weighted by Crippen LogP contribution is -2.05. The van der Waals surface area contributed by atoms with Crippen LogP contribution < -0.4 is 10.1 Å². The van der Waals surface area contributed by atoms with E-state index in [9.17, 15) is 4.39 Å². The normalized spacial score (nSPS) is 10.5. The molecule has 2 rings (SSSR count). The Morgan fingerprint density at radius 1 is 1.21 bits per heavy atom. The molecule has 0 radical (unpaired) electrons. The molecule has 0 aliphatic rings. The molecule has 0 saturated heterocycles. The van der Waals surface area contributed by atoms with Gasteiger partial charge in [-0.2, -0.15) is 0 Å². The van der Waals surface area contributed by atoms with E-state index in [4.69, 9.17) is 16.3 Å². The minimum Gasteiger partial charge on any atom is -0.489 e. The first-order valence-corrected chi connectivity index (χ1v) is 6.37. The Balaban J connectivity index is 2.05. The van der Waals surface area contributed by atoms with Gasteiger partial charge in [0.15, 0.2) is 0 Å². The summed E-state index contributed by atoms with van der Waals surface area (Å²) in [7, 11) is 1.89. The molecule has 0 fully saturated rings. The van der Waals surface area contributed by atoms with Crippen LogP contribution in [0.5, 0.6) is 5.75 Å². The molecule has 0 atom stereocenters. The van der Waals surface area contributed by atoms with Crippen molar-refractivity contribution in [2.45, 2.75) is 13.2 Å². The van der Waals surface area contributed by atoms with Crippen molar-refractivity contribution in [1.82, 2.24) is 5.32 Å². The Morgan fingerprint density at radius 3 is 2.84 bits per heavy atom. The lowest BCUT2D eigenvalue weighted by Gasteiger charge is -2.09. The molecule has 0 spiro atoms. The highest BCUT2D eigenvalue weighted by Crippen LogP contribution is 2.20. The van der Waals surface area contributed by atoms with Crippen molar-refractivity contribution in [1.29, 1.82) is 0 Å². The highest BCUT2D eigenvalue weighted by Gasteiger charge is 2.04. The highest BCUT2D eigenvalue weighted by molar-refractivity contribution is 6.31. The number of ether oxygens (including phenoxy) is 1. The Hall–Kier alpha value is -1.58. The van der Waals surface area contributed by atoms with Crippen molar-refractivity contribution in [2.75, 3.05) is 7.05 Å². The van der Waals surface area contributed by atoms with E-state index in [-0.39, 0.29) is 12.4 Å². The van der Waals surface area contributed by atoms with E-state index >= 15 is 0 Å². The molecule has 0 heterocycles. The van der Waals surface area contributed by atoms with Crippen LogP contribution in [0.4, 0.5) is 4.39 Å². The SMILES string of the molecule is CNCc1cccc(OCc2cc(F)ccc2Cl)c1. The predicted octanol–water partition coefficient (Wildman–Crippen LogP) is 3.78. The third-order valence-electron chi connectivity index (χ3n) is 2.68. The number of nitrogens with one attached hydrogen (secondary N) is 1. The van der Waals surface area contributed by atoms with E-state index in [2.05, 4.69) is 5.32 Å².